The number of H-pyrrole nitrogens is 1. The highest BCUT2D eigenvalue weighted by molar-refractivity contribution is 5.81. The van der Waals surface area contributed by atoms with Crippen molar-refractivity contribution in [1.82, 2.24) is 19.8 Å². The van der Waals surface area contributed by atoms with Gasteiger partial charge in [-0.25, -0.2) is 9.37 Å². The number of carbonyl (C=O) groups is 1. The third-order valence-electron chi connectivity index (χ3n) is 6.57. The maximum absolute atomic E-state index is 14.0. The fourth-order valence-corrected chi connectivity index (χ4v) is 4.93. The minimum atomic E-state index is -0.364. The molecular weight excluding hydrogens is 399 g/mol. The summed E-state index contributed by atoms with van der Waals surface area (Å²) in [5.41, 5.74) is 1.90. The number of ether oxygens (including phenoxy) is 1. The van der Waals surface area contributed by atoms with Gasteiger partial charge in [0, 0.05) is 44.8 Å². The van der Waals surface area contributed by atoms with E-state index in [9.17, 15) is 14.0 Å². The molecule has 3 aliphatic rings. The van der Waals surface area contributed by atoms with E-state index in [1.165, 1.54) is 6.07 Å². The largest absolute Gasteiger partial charge is 0.368 e. The second kappa shape index (κ2) is 8.51. The number of aromatic nitrogens is 2. The number of aromatic amines is 1. The van der Waals surface area contributed by atoms with Crippen molar-refractivity contribution in [2.45, 2.75) is 57.3 Å². The van der Waals surface area contributed by atoms with E-state index in [2.05, 4.69) is 9.88 Å². The third-order valence-corrected chi connectivity index (χ3v) is 6.57. The quantitative estimate of drug-likeness (QED) is 0.812. The van der Waals surface area contributed by atoms with Crippen LogP contribution in [0.1, 0.15) is 54.4 Å². The van der Waals surface area contributed by atoms with Crippen LogP contribution in [0.15, 0.2) is 29.1 Å². The Labute approximate surface area is 180 Å². The molecule has 1 N–H and O–H groups in total. The van der Waals surface area contributed by atoms with Crippen molar-refractivity contribution in [1.29, 1.82) is 0 Å². The number of halogens is 1. The monoisotopic (exact) mass is 426 g/mol. The van der Waals surface area contributed by atoms with Crippen molar-refractivity contribution in [2.75, 3.05) is 19.7 Å². The normalized spacial score (nSPS) is 23.8. The maximum atomic E-state index is 14.0. The summed E-state index contributed by atoms with van der Waals surface area (Å²) in [5.74, 6) is 0.361. The van der Waals surface area contributed by atoms with E-state index in [1.807, 2.05) is 11.0 Å². The number of rotatable bonds is 4. The van der Waals surface area contributed by atoms with Gasteiger partial charge in [0.05, 0.1) is 17.3 Å². The molecule has 0 aliphatic carbocycles. The van der Waals surface area contributed by atoms with Gasteiger partial charge in [0.25, 0.3) is 11.5 Å². The average Bonchev–Trinajstić information content (AvgIpc) is 3.48. The van der Waals surface area contributed by atoms with Crippen molar-refractivity contribution in [3.8, 4) is 0 Å². The van der Waals surface area contributed by atoms with E-state index in [1.54, 1.807) is 12.1 Å². The fraction of sp³-hybridized carbons (Fsp3) is 0.522. The molecule has 4 heterocycles. The highest BCUT2D eigenvalue weighted by Crippen LogP contribution is 2.32. The van der Waals surface area contributed by atoms with Gasteiger partial charge in [0.1, 0.15) is 17.7 Å². The fourth-order valence-electron chi connectivity index (χ4n) is 4.93. The molecule has 0 spiro atoms. The molecule has 1 aromatic carbocycles. The zero-order valence-corrected chi connectivity index (χ0v) is 17.5. The van der Waals surface area contributed by atoms with Gasteiger partial charge in [-0.05, 0) is 31.7 Å². The van der Waals surface area contributed by atoms with Gasteiger partial charge >= 0.3 is 0 Å². The first-order valence-corrected chi connectivity index (χ1v) is 11.1. The molecule has 7 nitrogen and oxygen atoms in total. The highest BCUT2D eigenvalue weighted by Gasteiger charge is 2.37. The SMILES string of the molecule is O=C([C@H]1CCCO1)N1CCC[C@@H]1c1nc2c(c(=O)[nH]1)CN(Cc1ccccc1F)CC2. The minimum absolute atomic E-state index is 0.0106. The molecular formula is C23H27FN4O3. The summed E-state index contributed by atoms with van der Waals surface area (Å²) in [6.07, 6.45) is 3.62. The van der Waals surface area contributed by atoms with E-state index in [0.717, 1.165) is 31.4 Å². The van der Waals surface area contributed by atoms with Gasteiger partial charge in [0.15, 0.2) is 0 Å². The van der Waals surface area contributed by atoms with Gasteiger partial charge in [-0.2, -0.15) is 0 Å². The van der Waals surface area contributed by atoms with Crippen LogP contribution in [0.5, 0.6) is 0 Å². The molecule has 3 aliphatic heterocycles. The zero-order valence-electron chi connectivity index (χ0n) is 17.5. The number of hydrogen-bond acceptors (Lipinski definition) is 5. The lowest BCUT2D eigenvalue weighted by Crippen LogP contribution is -2.40. The maximum Gasteiger partial charge on any atom is 0.255 e. The van der Waals surface area contributed by atoms with Crippen LogP contribution < -0.4 is 5.56 Å². The molecule has 0 unspecified atom stereocenters. The standard InChI is InChI=1S/C23H27FN4O3/c24-17-6-2-1-5-15(17)13-27-11-9-18-16(14-27)22(29)26-21(25-18)19-7-3-10-28(19)23(30)20-8-4-12-31-20/h1-2,5-6,19-20H,3-4,7-14H2,(H,25,26,29)/t19-,20-/m1/s1. The summed E-state index contributed by atoms with van der Waals surface area (Å²) in [4.78, 5) is 37.4. The number of likely N-dealkylation sites (tertiary alicyclic amines) is 1. The Bertz CT molecular complexity index is 1030. The molecule has 1 aromatic heterocycles. The van der Waals surface area contributed by atoms with E-state index in [-0.39, 0.29) is 29.4 Å². The first-order chi connectivity index (χ1) is 15.1. The Balaban J connectivity index is 1.34. The van der Waals surface area contributed by atoms with Crippen molar-refractivity contribution >= 4 is 5.91 Å². The summed E-state index contributed by atoms with van der Waals surface area (Å²) >= 11 is 0. The van der Waals surface area contributed by atoms with Crippen molar-refractivity contribution in [3.05, 3.63) is 63.1 Å². The lowest BCUT2D eigenvalue weighted by atomic mass is 10.0. The summed E-state index contributed by atoms with van der Waals surface area (Å²) < 4.78 is 19.6. The minimum Gasteiger partial charge on any atom is -0.368 e. The number of amides is 1. The molecule has 2 fully saturated rings. The van der Waals surface area contributed by atoms with Crippen LogP contribution in [-0.2, 0) is 29.0 Å². The van der Waals surface area contributed by atoms with Crippen LogP contribution in [0.2, 0.25) is 0 Å². The number of fused-ring (bicyclic) bond motifs is 1. The molecule has 2 atom stereocenters. The summed E-state index contributed by atoms with van der Waals surface area (Å²) in [5, 5.41) is 0. The van der Waals surface area contributed by atoms with Gasteiger partial charge < -0.3 is 14.6 Å². The van der Waals surface area contributed by atoms with Crippen LogP contribution in [0.3, 0.4) is 0 Å². The van der Waals surface area contributed by atoms with E-state index in [4.69, 9.17) is 9.72 Å². The Hall–Kier alpha value is -2.58. The van der Waals surface area contributed by atoms with Gasteiger partial charge in [0.2, 0.25) is 0 Å². The molecule has 8 heteroatoms. The molecule has 2 aromatic rings. The van der Waals surface area contributed by atoms with Crippen LogP contribution in [-0.4, -0.2) is 51.5 Å². The molecule has 31 heavy (non-hydrogen) atoms. The zero-order chi connectivity index (χ0) is 21.4. The second-order valence-electron chi connectivity index (χ2n) is 8.62. The molecule has 1 amide bonds. The van der Waals surface area contributed by atoms with Crippen molar-refractivity contribution in [3.63, 3.8) is 0 Å². The molecule has 2 saturated heterocycles. The molecule has 5 rings (SSSR count). The Morgan fingerprint density at radius 2 is 2.10 bits per heavy atom. The summed E-state index contributed by atoms with van der Waals surface area (Å²) in [7, 11) is 0. The van der Waals surface area contributed by atoms with Crippen LogP contribution >= 0.6 is 0 Å². The Morgan fingerprint density at radius 3 is 2.90 bits per heavy atom. The first kappa shape index (κ1) is 20.3. The lowest BCUT2D eigenvalue weighted by Gasteiger charge is -2.30. The third kappa shape index (κ3) is 4.02. The number of nitrogens with one attached hydrogen (secondary N) is 1. The topological polar surface area (TPSA) is 78.5 Å². The lowest BCUT2D eigenvalue weighted by molar-refractivity contribution is -0.142. The summed E-state index contributed by atoms with van der Waals surface area (Å²) in [6, 6.07) is 6.53. The number of benzene rings is 1. The predicted octanol–water partition coefficient (Wildman–Crippen LogP) is 2.31. The van der Waals surface area contributed by atoms with E-state index in [0.29, 0.717) is 56.2 Å². The first-order valence-electron chi connectivity index (χ1n) is 11.1. The summed E-state index contributed by atoms with van der Waals surface area (Å²) in [6.45, 7) is 2.91. The van der Waals surface area contributed by atoms with Gasteiger partial charge in [-0.15, -0.1) is 0 Å². The van der Waals surface area contributed by atoms with E-state index < -0.39 is 0 Å². The smallest absolute Gasteiger partial charge is 0.255 e. The molecule has 0 bridgehead atoms. The molecule has 0 radical (unpaired) electrons. The average molecular weight is 426 g/mol. The number of nitrogens with zero attached hydrogens (tertiary/aromatic N) is 3. The molecule has 0 saturated carbocycles. The van der Waals surface area contributed by atoms with Crippen LogP contribution in [0.4, 0.5) is 4.39 Å². The second-order valence-corrected chi connectivity index (χ2v) is 8.62. The van der Waals surface area contributed by atoms with Crippen LogP contribution in [0.25, 0.3) is 0 Å². The number of carbonyl (C=O) groups excluding carboxylic acids is 1. The van der Waals surface area contributed by atoms with Gasteiger partial charge in [-0.3, -0.25) is 14.5 Å². The Morgan fingerprint density at radius 1 is 1.23 bits per heavy atom. The van der Waals surface area contributed by atoms with Gasteiger partial charge in [-0.1, -0.05) is 18.2 Å². The number of hydrogen-bond donors (Lipinski definition) is 1. The van der Waals surface area contributed by atoms with Crippen LogP contribution in [0, 0.1) is 5.82 Å². The predicted molar refractivity (Wildman–Crippen MR) is 112 cm³/mol. The molecule has 164 valence electrons. The highest BCUT2D eigenvalue weighted by atomic mass is 19.1. The van der Waals surface area contributed by atoms with Crippen molar-refractivity contribution in [2.24, 2.45) is 0 Å². The van der Waals surface area contributed by atoms with E-state index >= 15 is 0 Å². The van der Waals surface area contributed by atoms with Crippen molar-refractivity contribution < 1.29 is 13.9 Å². The Kier molecular flexibility index (Phi) is 5.58.